The van der Waals surface area contributed by atoms with Crippen molar-refractivity contribution in [2.75, 3.05) is 13.1 Å². The van der Waals surface area contributed by atoms with Crippen LogP contribution in [0.3, 0.4) is 0 Å². The van der Waals surface area contributed by atoms with E-state index in [1.165, 1.54) is 0 Å². The van der Waals surface area contributed by atoms with Crippen LogP contribution in [0, 0.1) is 6.92 Å². The van der Waals surface area contributed by atoms with Crippen LogP contribution < -0.4 is 5.32 Å². The third-order valence-electron chi connectivity index (χ3n) is 4.45. The standard InChI is InChI=1S/C17H18N2O2/c1-11-5-6-16(21-11)12-3-2-4-13(7-12)17(20)19-10-14-8-15(19)9-18-14/h2-7,14-15,18H,8-10H2,1H3/t14-,15-/m0/s1. The second-order valence-electron chi connectivity index (χ2n) is 5.94. The summed E-state index contributed by atoms with van der Waals surface area (Å²) in [7, 11) is 0. The molecule has 2 fully saturated rings. The third kappa shape index (κ3) is 2.16. The van der Waals surface area contributed by atoms with E-state index in [4.69, 9.17) is 4.42 Å². The number of carbonyl (C=O) groups excluding carboxylic acids is 1. The number of nitrogens with one attached hydrogen (secondary N) is 1. The minimum Gasteiger partial charge on any atom is -0.461 e. The van der Waals surface area contributed by atoms with Gasteiger partial charge in [0.05, 0.1) is 0 Å². The van der Waals surface area contributed by atoms with Gasteiger partial charge in [-0.1, -0.05) is 12.1 Å². The summed E-state index contributed by atoms with van der Waals surface area (Å²) in [5.74, 6) is 1.82. The number of fused-ring (bicyclic) bond motifs is 2. The van der Waals surface area contributed by atoms with Crippen molar-refractivity contribution in [1.29, 1.82) is 0 Å². The first-order chi connectivity index (χ1) is 10.2. The van der Waals surface area contributed by atoms with Crippen LogP contribution in [0.1, 0.15) is 22.5 Å². The maximum atomic E-state index is 12.7. The number of amides is 1. The van der Waals surface area contributed by atoms with E-state index in [2.05, 4.69) is 5.32 Å². The lowest BCUT2D eigenvalue weighted by Gasteiger charge is -2.27. The lowest BCUT2D eigenvalue weighted by Crippen LogP contribution is -2.46. The van der Waals surface area contributed by atoms with Gasteiger partial charge in [-0.15, -0.1) is 0 Å². The Kier molecular flexibility index (Phi) is 2.86. The van der Waals surface area contributed by atoms with Crippen molar-refractivity contribution in [2.45, 2.75) is 25.4 Å². The fraction of sp³-hybridized carbons (Fsp3) is 0.353. The molecule has 2 bridgehead atoms. The molecule has 0 spiro atoms. The monoisotopic (exact) mass is 282 g/mol. The summed E-state index contributed by atoms with van der Waals surface area (Å²) in [6.45, 7) is 3.67. The van der Waals surface area contributed by atoms with Crippen molar-refractivity contribution in [3.63, 3.8) is 0 Å². The van der Waals surface area contributed by atoms with Gasteiger partial charge in [0, 0.05) is 36.3 Å². The largest absolute Gasteiger partial charge is 0.461 e. The van der Waals surface area contributed by atoms with E-state index >= 15 is 0 Å². The molecule has 2 aliphatic heterocycles. The van der Waals surface area contributed by atoms with Gasteiger partial charge in [-0.25, -0.2) is 0 Å². The summed E-state index contributed by atoms with van der Waals surface area (Å²) in [5, 5.41) is 3.42. The van der Waals surface area contributed by atoms with Gasteiger partial charge < -0.3 is 14.6 Å². The predicted octanol–water partition coefficient (Wildman–Crippen LogP) is 2.44. The first-order valence-corrected chi connectivity index (χ1v) is 7.42. The summed E-state index contributed by atoms with van der Waals surface area (Å²) in [6, 6.07) is 12.4. The molecule has 0 aliphatic carbocycles. The van der Waals surface area contributed by atoms with Gasteiger partial charge >= 0.3 is 0 Å². The molecule has 4 rings (SSSR count). The first kappa shape index (κ1) is 12.7. The molecule has 2 saturated heterocycles. The Balaban J connectivity index is 1.62. The molecule has 1 N–H and O–H groups in total. The minimum absolute atomic E-state index is 0.133. The van der Waals surface area contributed by atoms with Crippen molar-refractivity contribution in [3.05, 3.63) is 47.7 Å². The number of nitrogens with zero attached hydrogens (tertiary/aromatic N) is 1. The van der Waals surface area contributed by atoms with Gasteiger partial charge in [0.2, 0.25) is 0 Å². The predicted molar refractivity (Wildman–Crippen MR) is 80.1 cm³/mol. The second-order valence-corrected chi connectivity index (χ2v) is 5.94. The first-order valence-electron chi connectivity index (χ1n) is 7.42. The summed E-state index contributed by atoms with van der Waals surface area (Å²) >= 11 is 0. The quantitative estimate of drug-likeness (QED) is 0.920. The number of rotatable bonds is 2. The second kappa shape index (κ2) is 4.74. The summed E-state index contributed by atoms with van der Waals surface area (Å²) in [5.41, 5.74) is 1.70. The lowest BCUT2D eigenvalue weighted by atomic mass is 10.1. The number of furan rings is 1. The maximum absolute atomic E-state index is 12.7. The zero-order valence-electron chi connectivity index (χ0n) is 12.0. The van der Waals surface area contributed by atoms with Crippen LogP contribution in [0.5, 0.6) is 0 Å². The van der Waals surface area contributed by atoms with E-state index in [0.29, 0.717) is 12.1 Å². The van der Waals surface area contributed by atoms with Gasteiger partial charge in [-0.2, -0.15) is 0 Å². The molecule has 21 heavy (non-hydrogen) atoms. The molecule has 3 heterocycles. The highest BCUT2D eigenvalue weighted by atomic mass is 16.3. The normalized spacial score (nSPS) is 23.8. The summed E-state index contributed by atoms with van der Waals surface area (Å²) in [4.78, 5) is 14.7. The van der Waals surface area contributed by atoms with Crippen LogP contribution in [0.2, 0.25) is 0 Å². The number of hydrogen-bond donors (Lipinski definition) is 1. The van der Waals surface area contributed by atoms with Crippen LogP contribution in [-0.4, -0.2) is 36.0 Å². The Morgan fingerprint density at radius 2 is 2.24 bits per heavy atom. The van der Waals surface area contributed by atoms with E-state index in [9.17, 15) is 4.79 Å². The maximum Gasteiger partial charge on any atom is 0.254 e. The molecular weight excluding hydrogens is 264 g/mol. The van der Waals surface area contributed by atoms with Crippen LogP contribution in [0.15, 0.2) is 40.8 Å². The van der Waals surface area contributed by atoms with E-state index in [1.54, 1.807) is 0 Å². The Bertz CT molecular complexity index is 692. The topological polar surface area (TPSA) is 45.5 Å². The molecule has 4 nitrogen and oxygen atoms in total. The van der Waals surface area contributed by atoms with Gasteiger partial charge in [-0.05, 0) is 37.6 Å². The number of aryl methyl sites for hydroxylation is 1. The molecule has 0 saturated carbocycles. The van der Waals surface area contributed by atoms with Crippen LogP contribution in [-0.2, 0) is 0 Å². The SMILES string of the molecule is Cc1ccc(-c2cccc(C(=O)N3C[C@@H]4C[C@H]3CN4)c2)o1. The number of likely N-dealkylation sites (tertiary alicyclic amines) is 1. The molecule has 108 valence electrons. The molecule has 1 aromatic heterocycles. The van der Waals surface area contributed by atoms with Crippen LogP contribution >= 0.6 is 0 Å². The van der Waals surface area contributed by atoms with E-state index in [0.717, 1.165) is 42.2 Å². The van der Waals surface area contributed by atoms with Crippen LogP contribution in [0.25, 0.3) is 11.3 Å². The minimum atomic E-state index is 0.133. The molecule has 4 heteroatoms. The molecule has 1 amide bonds. The molecule has 2 atom stereocenters. The zero-order valence-corrected chi connectivity index (χ0v) is 12.0. The van der Waals surface area contributed by atoms with Crippen molar-refractivity contribution in [2.24, 2.45) is 0 Å². The van der Waals surface area contributed by atoms with Crippen molar-refractivity contribution in [1.82, 2.24) is 10.2 Å². The number of carbonyl (C=O) groups is 1. The van der Waals surface area contributed by atoms with Gasteiger partial charge in [-0.3, -0.25) is 4.79 Å². The Morgan fingerprint density at radius 3 is 2.90 bits per heavy atom. The average molecular weight is 282 g/mol. The fourth-order valence-electron chi connectivity index (χ4n) is 3.37. The molecule has 1 aromatic carbocycles. The fourth-order valence-corrected chi connectivity index (χ4v) is 3.37. The number of benzene rings is 1. The molecule has 2 aliphatic rings. The zero-order chi connectivity index (χ0) is 14.4. The summed E-state index contributed by atoms with van der Waals surface area (Å²) < 4.78 is 5.64. The van der Waals surface area contributed by atoms with Crippen molar-refractivity contribution < 1.29 is 9.21 Å². The summed E-state index contributed by atoms with van der Waals surface area (Å²) in [6.07, 6.45) is 1.09. The highest BCUT2D eigenvalue weighted by molar-refractivity contribution is 5.95. The van der Waals surface area contributed by atoms with Crippen molar-refractivity contribution in [3.8, 4) is 11.3 Å². The molecule has 2 aromatic rings. The van der Waals surface area contributed by atoms with E-state index < -0.39 is 0 Å². The highest BCUT2D eigenvalue weighted by Crippen LogP contribution is 2.27. The highest BCUT2D eigenvalue weighted by Gasteiger charge is 2.40. The van der Waals surface area contributed by atoms with Crippen molar-refractivity contribution >= 4 is 5.91 Å². The molecule has 0 radical (unpaired) electrons. The van der Waals surface area contributed by atoms with Gasteiger partial charge in [0.1, 0.15) is 11.5 Å². The Hall–Kier alpha value is -2.07. The molecular formula is C17H18N2O2. The lowest BCUT2D eigenvalue weighted by molar-refractivity contribution is 0.0716. The average Bonchev–Trinajstić information content (AvgIpc) is 3.22. The van der Waals surface area contributed by atoms with E-state index in [-0.39, 0.29) is 5.91 Å². The van der Waals surface area contributed by atoms with Gasteiger partial charge in [0.25, 0.3) is 5.91 Å². The smallest absolute Gasteiger partial charge is 0.254 e. The number of piperazine rings is 1. The third-order valence-corrected chi connectivity index (χ3v) is 4.45. The van der Waals surface area contributed by atoms with E-state index in [1.807, 2.05) is 48.2 Å². The van der Waals surface area contributed by atoms with Crippen LogP contribution in [0.4, 0.5) is 0 Å². The Labute approximate surface area is 123 Å². The van der Waals surface area contributed by atoms with Gasteiger partial charge in [0.15, 0.2) is 0 Å². The number of hydrogen-bond acceptors (Lipinski definition) is 3. The molecule has 0 unspecified atom stereocenters. The Morgan fingerprint density at radius 1 is 1.33 bits per heavy atom.